The fourth-order valence-corrected chi connectivity index (χ4v) is 3.78. The molecule has 9 N–H and O–H groups in total. The van der Waals surface area contributed by atoms with Crippen LogP contribution in [0.15, 0.2) is 12.5 Å². The lowest BCUT2D eigenvalue weighted by Gasteiger charge is -2.25. The largest absolute Gasteiger partial charge is 0.480 e. The van der Waals surface area contributed by atoms with Crippen LogP contribution in [0.3, 0.4) is 0 Å². The summed E-state index contributed by atoms with van der Waals surface area (Å²) in [5.74, 6) is -3.18. The normalized spacial score (nSPS) is 14.4. The molecule has 0 radical (unpaired) electrons. The summed E-state index contributed by atoms with van der Waals surface area (Å²) < 4.78 is 0. The Hall–Kier alpha value is -3.13. The van der Waals surface area contributed by atoms with Gasteiger partial charge in [0.05, 0.1) is 12.4 Å². The van der Waals surface area contributed by atoms with E-state index in [1.165, 1.54) is 24.3 Å². The maximum atomic E-state index is 13.1. The number of amides is 4. The molecule has 1 rings (SSSR count). The van der Waals surface area contributed by atoms with Crippen molar-refractivity contribution in [1.82, 2.24) is 25.9 Å². The number of carbonyl (C=O) groups excluding carboxylic acids is 4. The summed E-state index contributed by atoms with van der Waals surface area (Å²) in [5, 5.41) is 17.0. The van der Waals surface area contributed by atoms with Gasteiger partial charge in [-0.05, 0) is 37.2 Å². The Balaban J connectivity index is 3.03. The van der Waals surface area contributed by atoms with Gasteiger partial charge in [-0.3, -0.25) is 19.2 Å². The van der Waals surface area contributed by atoms with E-state index in [2.05, 4.69) is 25.9 Å². The number of carbonyl (C=O) groups is 5. The van der Waals surface area contributed by atoms with Crippen molar-refractivity contribution in [2.45, 2.75) is 70.1 Å². The van der Waals surface area contributed by atoms with Gasteiger partial charge < -0.3 is 37.5 Å². The molecule has 1 aromatic heterocycles. The summed E-state index contributed by atoms with van der Waals surface area (Å²) >= 11 is 1.48. The van der Waals surface area contributed by atoms with E-state index in [0.717, 1.165) is 0 Å². The van der Waals surface area contributed by atoms with Crippen LogP contribution in [0, 0.1) is 5.92 Å². The molecule has 36 heavy (non-hydrogen) atoms. The van der Waals surface area contributed by atoms with E-state index >= 15 is 0 Å². The Morgan fingerprint density at radius 3 is 2.17 bits per heavy atom. The monoisotopic (exact) mass is 527 g/mol. The van der Waals surface area contributed by atoms with Crippen LogP contribution >= 0.6 is 11.8 Å². The Labute approximate surface area is 214 Å². The number of aromatic amines is 1. The number of primary amides is 1. The minimum Gasteiger partial charge on any atom is -0.480 e. The summed E-state index contributed by atoms with van der Waals surface area (Å²) in [6.45, 7) is 3.86. The lowest BCUT2D eigenvalue weighted by Crippen LogP contribution is -2.57. The number of hydrogen-bond donors (Lipinski definition) is 7. The molecule has 0 spiro atoms. The highest BCUT2D eigenvalue weighted by Gasteiger charge is 2.31. The number of hydrogen-bond acceptors (Lipinski definition) is 8. The third kappa shape index (κ3) is 11.5. The molecule has 4 atom stereocenters. The molecule has 0 aliphatic heterocycles. The second kappa shape index (κ2) is 15.8. The summed E-state index contributed by atoms with van der Waals surface area (Å²) in [6, 6.07) is -4.32. The van der Waals surface area contributed by atoms with E-state index in [1.807, 2.05) is 20.1 Å². The Bertz CT molecular complexity index is 880. The van der Waals surface area contributed by atoms with E-state index in [4.69, 9.17) is 11.5 Å². The average molecular weight is 528 g/mol. The van der Waals surface area contributed by atoms with Crippen LogP contribution in [0.4, 0.5) is 0 Å². The highest BCUT2D eigenvalue weighted by atomic mass is 32.2. The highest BCUT2D eigenvalue weighted by molar-refractivity contribution is 7.98. The van der Waals surface area contributed by atoms with E-state index in [9.17, 15) is 29.1 Å². The third-order valence-corrected chi connectivity index (χ3v) is 5.86. The Morgan fingerprint density at radius 2 is 1.64 bits per heavy atom. The van der Waals surface area contributed by atoms with E-state index in [1.54, 1.807) is 0 Å². The first kappa shape index (κ1) is 30.9. The van der Waals surface area contributed by atoms with Crippen LogP contribution in [-0.2, 0) is 30.4 Å². The number of aliphatic carboxylic acids is 1. The molecular weight excluding hydrogens is 490 g/mol. The van der Waals surface area contributed by atoms with Gasteiger partial charge in [0.2, 0.25) is 23.6 Å². The van der Waals surface area contributed by atoms with Gasteiger partial charge in [-0.2, -0.15) is 11.8 Å². The summed E-state index contributed by atoms with van der Waals surface area (Å²) in [6.07, 6.45) is 4.99. The molecule has 14 heteroatoms. The second-order valence-electron chi connectivity index (χ2n) is 8.83. The maximum absolute atomic E-state index is 13.1. The predicted molar refractivity (Wildman–Crippen MR) is 135 cm³/mol. The molecule has 0 aliphatic carbocycles. The van der Waals surface area contributed by atoms with Gasteiger partial charge in [0, 0.05) is 24.7 Å². The number of rotatable bonds is 17. The number of thioether (sulfide) groups is 1. The van der Waals surface area contributed by atoms with Crippen LogP contribution in [0.2, 0.25) is 0 Å². The van der Waals surface area contributed by atoms with Gasteiger partial charge in [0.1, 0.15) is 18.1 Å². The minimum absolute atomic E-state index is 0.0181. The molecule has 0 bridgehead atoms. The van der Waals surface area contributed by atoms with Crippen molar-refractivity contribution in [3.63, 3.8) is 0 Å². The lowest BCUT2D eigenvalue weighted by molar-refractivity contribution is -0.142. The van der Waals surface area contributed by atoms with Crippen LogP contribution in [0.25, 0.3) is 0 Å². The van der Waals surface area contributed by atoms with E-state index in [-0.39, 0.29) is 25.2 Å². The summed E-state index contributed by atoms with van der Waals surface area (Å²) in [7, 11) is 0. The fourth-order valence-electron chi connectivity index (χ4n) is 3.31. The van der Waals surface area contributed by atoms with Crippen molar-refractivity contribution >= 4 is 41.4 Å². The number of H-pyrrole nitrogens is 1. The molecular formula is C22H37N7O6S. The van der Waals surface area contributed by atoms with Crippen molar-refractivity contribution in [3.8, 4) is 0 Å². The molecule has 0 aliphatic rings. The van der Waals surface area contributed by atoms with Crippen molar-refractivity contribution in [1.29, 1.82) is 0 Å². The predicted octanol–water partition coefficient (Wildman–Crippen LogP) is -1.12. The lowest BCUT2D eigenvalue weighted by atomic mass is 10.0. The zero-order valence-electron chi connectivity index (χ0n) is 20.8. The number of nitrogens with one attached hydrogen (secondary N) is 4. The van der Waals surface area contributed by atoms with Gasteiger partial charge in [-0.25, -0.2) is 9.78 Å². The number of carboxylic acids is 1. The molecule has 1 heterocycles. The van der Waals surface area contributed by atoms with E-state index < -0.39 is 53.8 Å². The van der Waals surface area contributed by atoms with Gasteiger partial charge in [-0.1, -0.05) is 13.8 Å². The van der Waals surface area contributed by atoms with Crippen molar-refractivity contribution in [2.75, 3.05) is 12.0 Å². The first-order chi connectivity index (χ1) is 16.9. The van der Waals surface area contributed by atoms with Crippen molar-refractivity contribution in [3.05, 3.63) is 18.2 Å². The van der Waals surface area contributed by atoms with E-state index in [0.29, 0.717) is 24.3 Å². The van der Waals surface area contributed by atoms with Crippen molar-refractivity contribution in [2.24, 2.45) is 17.4 Å². The molecule has 0 aromatic carbocycles. The van der Waals surface area contributed by atoms with Crippen LogP contribution in [-0.4, -0.2) is 80.8 Å². The maximum Gasteiger partial charge on any atom is 0.326 e. The SMILES string of the molecule is CSCCC(NC(=O)C(N)CC(C)C)C(=O)NC(Cc1cnc[nH]1)C(=O)NC(CCC(N)=O)C(=O)O. The second-order valence-corrected chi connectivity index (χ2v) is 9.81. The highest BCUT2D eigenvalue weighted by Crippen LogP contribution is 2.08. The molecule has 0 saturated heterocycles. The van der Waals surface area contributed by atoms with Crippen LogP contribution < -0.4 is 27.4 Å². The molecule has 1 aromatic rings. The zero-order valence-corrected chi connectivity index (χ0v) is 21.6. The standard InChI is InChI=1S/C22H37N7O6S/c1-12(2)8-14(23)19(31)27-15(6-7-36-3)20(32)29-17(9-13-10-25-11-26-13)21(33)28-16(22(34)35)4-5-18(24)30/h10-12,14-17H,4-9,23H2,1-3H3,(H2,24,30)(H,25,26)(H,27,31)(H,28,33)(H,29,32)(H,34,35). The number of nitrogens with zero attached hydrogens (tertiary/aromatic N) is 1. The quantitative estimate of drug-likeness (QED) is 0.130. The van der Waals surface area contributed by atoms with Gasteiger partial charge in [0.25, 0.3) is 0 Å². The molecule has 0 saturated carbocycles. The average Bonchev–Trinajstić information content (AvgIpc) is 3.30. The first-order valence-corrected chi connectivity index (χ1v) is 13.0. The molecule has 0 fully saturated rings. The topological polar surface area (TPSA) is 222 Å². The molecule has 4 unspecified atom stereocenters. The van der Waals surface area contributed by atoms with Crippen LogP contribution in [0.5, 0.6) is 0 Å². The zero-order chi connectivity index (χ0) is 27.3. The minimum atomic E-state index is -1.38. The number of aromatic nitrogens is 2. The fraction of sp³-hybridized carbons (Fsp3) is 0.636. The Morgan fingerprint density at radius 1 is 1.03 bits per heavy atom. The third-order valence-electron chi connectivity index (χ3n) is 5.21. The molecule has 202 valence electrons. The van der Waals surface area contributed by atoms with Crippen LogP contribution in [0.1, 0.15) is 45.2 Å². The molecule has 4 amide bonds. The summed E-state index contributed by atoms with van der Waals surface area (Å²) in [4.78, 5) is 68.1. The smallest absolute Gasteiger partial charge is 0.326 e. The molecule has 13 nitrogen and oxygen atoms in total. The van der Waals surface area contributed by atoms with Gasteiger partial charge in [0.15, 0.2) is 0 Å². The van der Waals surface area contributed by atoms with Gasteiger partial charge in [-0.15, -0.1) is 0 Å². The summed E-state index contributed by atoms with van der Waals surface area (Å²) in [5.41, 5.74) is 11.6. The van der Waals surface area contributed by atoms with Crippen molar-refractivity contribution < 1.29 is 29.1 Å². The number of nitrogens with two attached hydrogens (primary N) is 2. The number of carboxylic acid groups (broad SMARTS) is 1. The number of imidazole rings is 1. The first-order valence-electron chi connectivity index (χ1n) is 11.6. The Kier molecular flexibility index (Phi) is 13.5. The van der Waals surface area contributed by atoms with Gasteiger partial charge >= 0.3 is 5.97 Å².